The molecule has 246 valence electrons. The second-order valence-corrected chi connectivity index (χ2v) is 15.6. The number of hydrogen-bond donors (Lipinski definition) is 1. The van der Waals surface area contributed by atoms with E-state index in [1.807, 2.05) is 39.8 Å². The first-order valence-corrected chi connectivity index (χ1v) is 17.9. The van der Waals surface area contributed by atoms with Gasteiger partial charge in [0, 0.05) is 54.0 Å². The average Bonchev–Trinajstić information content (AvgIpc) is 3.58. The van der Waals surface area contributed by atoms with E-state index in [2.05, 4.69) is 25.5 Å². The molecule has 0 atom stereocenters. The van der Waals surface area contributed by atoms with Crippen LogP contribution >= 0.6 is 23.2 Å². The lowest BCUT2D eigenvalue weighted by Gasteiger charge is -2.11. The van der Waals surface area contributed by atoms with E-state index >= 15 is 0 Å². The molecule has 0 saturated heterocycles. The van der Waals surface area contributed by atoms with E-state index in [1.165, 1.54) is 28.8 Å². The van der Waals surface area contributed by atoms with Crippen molar-refractivity contribution < 1.29 is 16.8 Å². The summed E-state index contributed by atoms with van der Waals surface area (Å²) in [6.07, 6.45) is 0. The molecule has 0 fully saturated rings. The molecule has 6 aromatic rings. The number of rotatable bonds is 6. The maximum Gasteiger partial charge on any atom is 0.214 e. The Morgan fingerprint density at radius 1 is 0.681 bits per heavy atom. The number of fused-ring (bicyclic) bond motifs is 2. The van der Waals surface area contributed by atoms with Gasteiger partial charge in [-0.3, -0.25) is 0 Å². The third-order valence-corrected chi connectivity index (χ3v) is 11.1. The normalized spacial score (nSPS) is 11.9. The minimum atomic E-state index is -3.83. The Hall–Kier alpha value is -4.24. The van der Waals surface area contributed by atoms with Gasteiger partial charge in [0.25, 0.3) is 0 Å². The van der Waals surface area contributed by atoms with Gasteiger partial charge in [-0.25, -0.2) is 35.8 Å². The van der Waals surface area contributed by atoms with Crippen LogP contribution in [0.3, 0.4) is 0 Å². The number of anilines is 2. The fourth-order valence-electron chi connectivity index (χ4n) is 5.04. The lowest BCUT2D eigenvalue weighted by Crippen LogP contribution is -2.14. The summed E-state index contributed by atoms with van der Waals surface area (Å²) in [5, 5.41) is 12.3. The highest BCUT2D eigenvalue weighted by Gasteiger charge is 2.31. The van der Waals surface area contributed by atoms with Crippen molar-refractivity contribution in [2.75, 3.05) is 31.4 Å². The summed E-state index contributed by atoms with van der Waals surface area (Å²) in [5.74, 6) is 0.599. The summed E-state index contributed by atoms with van der Waals surface area (Å²) in [6, 6.07) is 16.1. The molecule has 0 aliphatic rings. The largest absolute Gasteiger partial charge is 0.370 e. The molecule has 0 saturated carbocycles. The van der Waals surface area contributed by atoms with Crippen LogP contribution in [0, 0.1) is 27.7 Å². The van der Waals surface area contributed by atoms with E-state index in [0.29, 0.717) is 27.2 Å². The van der Waals surface area contributed by atoms with Crippen molar-refractivity contribution in [1.82, 2.24) is 29.2 Å². The van der Waals surface area contributed by atoms with Gasteiger partial charge < -0.3 is 10.2 Å². The molecule has 0 aliphatic heterocycles. The zero-order valence-electron chi connectivity index (χ0n) is 26.6. The molecule has 6 rings (SSSR count). The van der Waals surface area contributed by atoms with Crippen LogP contribution in [0.4, 0.5) is 11.6 Å². The monoisotopic (exact) mass is 714 g/mol. The Balaban J connectivity index is 0.000000185. The number of nitrogens with zero attached hydrogens (tertiary/aromatic N) is 7. The number of aromatic nitrogens is 6. The van der Waals surface area contributed by atoms with Gasteiger partial charge in [-0.15, -0.1) is 10.2 Å². The number of halogens is 2. The van der Waals surface area contributed by atoms with Crippen LogP contribution in [0.25, 0.3) is 11.3 Å². The number of hydrogen-bond acceptors (Lipinski definition) is 10. The van der Waals surface area contributed by atoms with E-state index in [1.54, 1.807) is 54.8 Å². The van der Waals surface area contributed by atoms with Gasteiger partial charge in [0.2, 0.25) is 19.7 Å². The third kappa shape index (κ3) is 6.38. The quantitative estimate of drug-likeness (QED) is 0.226. The Morgan fingerprint density at radius 2 is 1.13 bits per heavy atom. The summed E-state index contributed by atoms with van der Waals surface area (Å²) < 4.78 is 55.7. The molecular weight excluding hydrogens is 683 g/mol. The molecule has 1 N–H and O–H groups in total. The van der Waals surface area contributed by atoms with Gasteiger partial charge in [0.1, 0.15) is 0 Å². The minimum absolute atomic E-state index is 0.0501. The van der Waals surface area contributed by atoms with Crippen LogP contribution in [0.2, 0.25) is 10.0 Å². The van der Waals surface area contributed by atoms with Crippen molar-refractivity contribution >= 4 is 65.8 Å². The smallest absolute Gasteiger partial charge is 0.214 e. The molecule has 0 radical (unpaired) electrons. The highest BCUT2D eigenvalue weighted by Crippen LogP contribution is 2.34. The van der Waals surface area contributed by atoms with Gasteiger partial charge >= 0.3 is 0 Å². The van der Waals surface area contributed by atoms with Gasteiger partial charge in [0.05, 0.1) is 9.79 Å². The Kier molecular flexibility index (Phi) is 9.25. The van der Waals surface area contributed by atoms with Crippen LogP contribution in [-0.4, -0.2) is 67.2 Å². The third-order valence-electron chi connectivity index (χ3n) is 7.10. The van der Waals surface area contributed by atoms with Crippen LogP contribution in [0.1, 0.15) is 22.8 Å². The molecule has 4 heterocycles. The van der Waals surface area contributed by atoms with Crippen LogP contribution in [0.5, 0.6) is 0 Å². The average molecular weight is 716 g/mol. The van der Waals surface area contributed by atoms with E-state index in [4.69, 9.17) is 23.2 Å². The molecule has 16 heteroatoms. The molecule has 0 aliphatic carbocycles. The van der Waals surface area contributed by atoms with Crippen molar-refractivity contribution in [1.29, 1.82) is 0 Å². The highest BCUT2D eigenvalue weighted by molar-refractivity contribution is 7.92. The van der Waals surface area contributed by atoms with Crippen molar-refractivity contribution in [2.45, 2.75) is 47.3 Å². The van der Waals surface area contributed by atoms with E-state index in [9.17, 15) is 16.8 Å². The zero-order valence-corrected chi connectivity index (χ0v) is 29.8. The maximum atomic E-state index is 13.2. The zero-order chi connectivity index (χ0) is 34.4. The molecule has 0 unspecified atom stereocenters. The summed E-state index contributed by atoms with van der Waals surface area (Å²) >= 11 is 11.9. The van der Waals surface area contributed by atoms with Crippen molar-refractivity contribution in [3.8, 4) is 0 Å². The topological polar surface area (TPSA) is 144 Å². The van der Waals surface area contributed by atoms with Crippen molar-refractivity contribution in [3.63, 3.8) is 0 Å². The second kappa shape index (κ2) is 12.8. The lowest BCUT2D eigenvalue weighted by atomic mass is 10.3. The first-order valence-electron chi connectivity index (χ1n) is 14.2. The Labute approximate surface area is 282 Å². The summed E-state index contributed by atoms with van der Waals surface area (Å²) in [6.45, 7) is 7.35. The van der Waals surface area contributed by atoms with Crippen molar-refractivity contribution in [2.24, 2.45) is 0 Å². The standard InChI is InChI=1S/C16H17ClN4O2S.C15H15ClN4O2S/c1-10-8-11(2)21-15(18-10)14(16(19-21)20(3)4)24(22,23)13-7-5-6-12(17)9-13;1-9-7-10(2)20-15(18-9)13(14(17-3)19-20)23(21,22)12-6-4-5-11(16)8-12/h5-9H,1-4H3;4-8H,1-3H3,(H,17,19). The molecule has 12 nitrogen and oxygen atoms in total. The maximum absolute atomic E-state index is 13.2. The molecular formula is C31H32Cl2N8O4S2. The second-order valence-electron chi connectivity index (χ2n) is 10.9. The SMILES string of the molecule is CNc1nn2c(C)cc(C)nc2c1S(=O)(=O)c1cccc(Cl)c1.Cc1cc(C)n2nc(N(C)C)c(S(=O)(=O)c3cccc(Cl)c3)c2n1. The fraction of sp³-hybridized carbons (Fsp3) is 0.226. The molecule has 0 bridgehead atoms. The molecule has 2 aromatic carbocycles. The van der Waals surface area contributed by atoms with Gasteiger partial charge in [0.15, 0.2) is 32.7 Å². The highest BCUT2D eigenvalue weighted by atomic mass is 35.5. The lowest BCUT2D eigenvalue weighted by molar-refractivity contribution is 0.595. The first-order chi connectivity index (χ1) is 22.1. The first kappa shape index (κ1) is 34.1. The van der Waals surface area contributed by atoms with Crippen LogP contribution in [0.15, 0.2) is 80.2 Å². The summed E-state index contributed by atoms with van der Waals surface area (Å²) in [5.41, 5.74) is 3.68. The summed E-state index contributed by atoms with van der Waals surface area (Å²) in [4.78, 5) is 10.8. The number of nitrogens with one attached hydrogen (secondary N) is 1. The van der Waals surface area contributed by atoms with Gasteiger partial charge in [-0.2, -0.15) is 0 Å². The molecule has 0 spiro atoms. The summed E-state index contributed by atoms with van der Waals surface area (Å²) in [7, 11) is -2.51. The predicted octanol–water partition coefficient (Wildman–Crippen LogP) is 5.77. The van der Waals surface area contributed by atoms with Crippen LogP contribution in [-0.2, 0) is 19.7 Å². The molecule has 4 aromatic heterocycles. The van der Waals surface area contributed by atoms with E-state index in [0.717, 1.165) is 22.8 Å². The van der Waals surface area contributed by atoms with E-state index in [-0.39, 0.29) is 25.4 Å². The van der Waals surface area contributed by atoms with E-state index < -0.39 is 19.7 Å². The number of aryl methyl sites for hydroxylation is 4. The molecule has 47 heavy (non-hydrogen) atoms. The Bertz CT molecular complexity index is 2390. The number of benzene rings is 2. The minimum Gasteiger partial charge on any atom is -0.370 e. The van der Waals surface area contributed by atoms with Gasteiger partial charge in [-0.1, -0.05) is 35.3 Å². The fourth-order valence-corrected chi connectivity index (χ4v) is 8.71. The predicted molar refractivity (Wildman–Crippen MR) is 183 cm³/mol. The van der Waals surface area contributed by atoms with Crippen LogP contribution < -0.4 is 10.2 Å². The Morgan fingerprint density at radius 3 is 1.57 bits per heavy atom. The molecule has 0 amide bonds. The van der Waals surface area contributed by atoms with Gasteiger partial charge in [-0.05, 0) is 76.2 Å². The van der Waals surface area contributed by atoms with Crippen molar-refractivity contribution in [3.05, 3.63) is 93.5 Å². The number of sulfone groups is 2.